The highest BCUT2D eigenvalue weighted by Crippen LogP contribution is 2.27. The molecule has 0 spiro atoms. The van der Waals surface area contributed by atoms with Crippen LogP contribution < -0.4 is 10.2 Å². The number of hydrogen-bond donors (Lipinski definition) is 2. The van der Waals surface area contributed by atoms with Crippen molar-refractivity contribution in [1.82, 2.24) is 5.48 Å². The van der Waals surface area contributed by atoms with Crippen molar-refractivity contribution < 1.29 is 24.4 Å². The van der Waals surface area contributed by atoms with Gasteiger partial charge in [-0.25, -0.2) is 5.48 Å². The number of allylic oxidation sites excluding steroid dienone is 1. The number of carbonyl (C=O) groups excluding carboxylic acids is 2. The van der Waals surface area contributed by atoms with Gasteiger partial charge in [0, 0.05) is 12.0 Å². The van der Waals surface area contributed by atoms with E-state index >= 15 is 0 Å². The number of methoxy groups -OCH3 is 1. The van der Waals surface area contributed by atoms with Crippen LogP contribution in [0.25, 0.3) is 0 Å². The number of rotatable bonds is 6. The summed E-state index contributed by atoms with van der Waals surface area (Å²) in [6.07, 6.45) is 2.24. The van der Waals surface area contributed by atoms with Crippen molar-refractivity contribution in [3.63, 3.8) is 0 Å². The molecule has 1 aliphatic rings. The number of amides is 1. The van der Waals surface area contributed by atoms with E-state index in [0.717, 1.165) is 11.8 Å². The minimum absolute atomic E-state index is 0.212. The van der Waals surface area contributed by atoms with Gasteiger partial charge in [-0.15, -0.1) is 6.58 Å². The van der Waals surface area contributed by atoms with Gasteiger partial charge in [-0.1, -0.05) is 11.2 Å². The quantitative estimate of drug-likeness (QED) is 0.356. The summed E-state index contributed by atoms with van der Waals surface area (Å²) in [5.74, 6) is -0.247. The van der Waals surface area contributed by atoms with Crippen molar-refractivity contribution in [2.45, 2.75) is 18.9 Å². The fraction of sp³-hybridized carbons (Fsp3) is 0.267. The molecule has 1 atom stereocenters. The summed E-state index contributed by atoms with van der Waals surface area (Å²) in [7, 11) is 1.47. The third-order valence-corrected chi connectivity index (χ3v) is 3.33. The zero-order valence-electron chi connectivity index (χ0n) is 12.0. The Labute approximate surface area is 127 Å². The fourth-order valence-corrected chi connectivity index (χ4v) is 2.24. The average Bonchev–Trinajstić information content (AvgIpc) is 3.03. The van der Waals surface area contributed by atoms with E-state index < -0.39 is 12.0 Å². The molecule has 0 aromatic heterocycles. The molecule has 7 heteroatoms. The predicted octanol–water partition coefficient (Wildman–Crippen LogP) is 1.23. The van der Waals surface area contributed by atoms with Crippen molar-refractivity contribution in [3.05, 3.63) is 41.5 Å². The van der Waals surface area contributed by atoms with Crippen LogP contribution in [-0.2, 0) is 16.1 Å². The highest BCUT2D eigenvalue weighted by molar-refractivity contribution is 6.05. The molecular weight excluding hydrogens is 288 g/mol. The second-order valence-corrected chi connectivity index (χ2v) is 4.67. The first-order valence-corrected chi connectivity index (χ1v) is 6.58. The van der Waals surface area contributed by atoms with E-state index in [0.29, 0.717) is 29.0 Å². The van der Waals surface area contributed by atoms with Gasteiger partial charge in [-0.3, -0.25) is 14.8 Å². The van der Waals surface area contributed by atoms with Gasteiger partial charge in [0.15, 0.2) is 6.29 Å². The number of ether oxygens (including phenoxy) is 1. The maximum Gasteiger partial charge on any atom is 0.287 e. The standard InChI is InChI=1S/C15H16N2O5/c1-3-4-9-5-10(6-13(21-2)11(9)8-18)12-7-14(22-17-12)15(19)16-20/h3,5-6,8,14,20H,1,4,7H2,2H3,(H,16,19). The summed E-state index contributed by atoms with van der Waals surface area (Å²) in [6.45, 7) is 3.67. The molecule has 0 aliphatic carbocycles. The van der Waals surface area contributed by atoms with Crippen LogP contribution in [0.2, 0.25) is 0 Å². The lowest BCUT2D eigenvalue weighted by atomic mass is 9.96. The first-order valence-electron chi connectivity index (χ1n) is 6.58. The molecule has 1 aromatic rings. The van der Waals surface area contributed by atoms with E-state index in [9.17, 15) is 9.59 Å². The molecule has 1 unspecified atom stereocenters. The number of hydrogen-bond acceptors (Lipinski definition) is 6. The number of hydroxylamine groups is 1. The summed E-state index contributed by atoms with van der Waals surface area (Å²) in [5.41, 5.74) is 3.96. The Balaban J connectivity index is 2.36. The first kappa shape index (κ1) is 15.7. The van der Waals surface area contributed by atoms with Crippen LogP contribution in [0, 0.1) is 0 Å². The molecule has 2 N–H and O–H groups in total. The zero-order chi connectivity index (χ0) is 16.1. The molecular formula is C15H16N2O5. The van der Waals surface area contributed by atoms with Gasteiger partial charge in [0.05, 0.1) is 18.4 Å². The second-order valence-electron chi connectivity index (χ2n) is 4.67. The first-order chi connectivity index (χ1) is 10.6. The molecule has 0 radical (unpaired) electrons. The molecule has 7 nitrogen and oxygen atoms in total. The van der Waals surface area contributed by atoms with Gasteiger partial charge in [0.1, 0.15) is 5.75 Å². The van der Waals surface area contributed by atoms with Gasteiger partial charge in [-0.2, -0.15) is 0 Å². The third kappa shape index (κ3) is 2.99. The van der Waals surface area contributed by atoms with E-state index in [4.69, 9.17) is 14.8 Å². The predicted molar refractivity (Wildman–Crippen MR) is 78.2 cm³/mol. The van der Waals surface area contributed by atoms with Crippen LogP contribution in [0.3, 0.4) is 0 Å². The zero-order valence-corrected chi connectivity index (χ0v) is 12.0. The van der Waals surface area contributed by atoms with Gasteiger partial charge in [0.2, 0.25) is 6.10 Å². The van der Waals surface area contributed by atoms with Gasteiger partial charge < -0.3 is 9.57 Å². The smallest absolute Gasteiger partial charge is 0.287 e. The molecule has 0 fully saturated rings. The molecule has 1 heterocycles. The Morgan fingerprint density at radius 2 is 2.41 bits per heavy atom. The lowest BCUT2D eigenvalue weighted by molar-refractivity contribution is -0.139. The second kappa shape index (κ2) is 6.86. The summed E-state index contributed by atoms with van der Waals surface area (Å²) in [5, 5.41) is 12.5. The largest absolute Gasteiger partial charge is 0.496 e. The molecule has 1 aliphatic heterocycles. The fourth-order valence-electron chi connectivity index (χ4n) is 2.24. The van der Waals surface area contributed by atoms with Crippen molar-refractivity contribution in [2.24, 2.45) is 5.16 Å². The molecule has 1 amide bonds. The van der Waals surface area contributed by atoms with Crippen molar-refractivity contribution in [3.8, 4) is 5.75 Å². The Hall–Kier alpha value is -2.67. The molecule has 0 saturated heterocycles. The summed E-state index contributed by atoms with van der Waals surface area (Å²) in [4.78, 5) is 27.6. The Kier molecular flexibility index (Phi) is 4.90. The molecule has 1 aromatic carbocycles. The lowest BCUT2D eigenvalue weighted by Crippen LogP contribution is -2.32. The van der Waals surface area contributed by atoms with E-state index in [1.54, 1.807) is 18.2 Å². The highest BCUT2D eigenvalue weighted by Gasteiger charge is 2.29. The number of oxime groups is 1. The van der Waals surface area contributed by atoms with Gasteiger partial charge in [-0.05, 0) is 24.1 Å². The Morgan fingerprint density at radius 1 is 1.64 bits per heavy atom. The number of nitrogens with zero attached hydrogens (tertiary/aromatic N) is 1. The van der Waals surface area contributed by atoms with E-state index in [1.807, 2.05) is 0 Å². The summed E-state index contributed by atoms with van der Waals surface area (Å²) < 4.78 is 5.24. The van der Waals surface area contributed by atoms with Crippen LogP contribution in [0.5, 0.6) is 5.75 Å². The number of benzene rings is 1. The SMILES string of the molecule is C=CCc1cc(C2=NOC(C(=O)NO)C2)cc(OC)c1C=O. The van der Waals surface area contributed by atoms with E-state index in [2.05, 4.69) is 11.7 Å². The minimum Gasteiger partial charge on any atom is -0.496 e. The van der Waals surface area contributed by atoms with Crippen molar-refractivity contribution >= 4 is 17.9 Å². The van der Waals surface area contributed by atoms with Crippen LogP contribution in [0.1, 0.15) is 27.9 Å². The number of aldehydes is 1. The Morgan fingerprint density at radius 3 is 3.00 bits per heavy atom. The number of carbonyl (C=O) groups is 2. The van der Waals surface area contributed by atoms with Crippen molar-refractivity contribution in [2.75, 3.05) is 7.11 Å². The molecule has 2 rings (SSSR count). The highest BCUT2D eigenvalue weighted by atomic mass is 16.6. The normalized spacial score (nSPS) is 16.5. The average molecular weight is 304 g/mol. The van der Waals surface area contributed by atoms with Gasteiger partial charge >= 0.3 is 0 Å². The molecule has 0 saturated carbocycles. The van der Waals surface area contributed by atoms with Crippen LogP contribution in [0.15, 0.2) is 29.9 Å². The van der Waals surface area contributed by atoms with Crippen LogP contribution >= 0.6 is 0 Å². The van der Waals surface area contributed by atoms with Crippen LogP contribution in [0.4, 0.5) is 0 Å². The van der Waals surface area contributed by atoms with E-state index in [-0.39, 0.29) is 6.42 Å². The van der Waals surface area contributed by atoms with E-state index in [1.165, 1.54) is 12.6 Å². The summed E-state index contributed by atoms with van der Waals surface area (Å²) >= 11 is 0. The van der Waals surface area contributed by atoms with Crippen LogP contribution in [-0.4, -0.2) is 36.3 Å². The van der Waals surface area contributed by atoms with Crippen molar-refractivity contribution in [1.29, 1.82) is 0 Å². The number of nitrogens with one attached hydrogen (secondary N) is 1. The van der Waals surface area contributed by atoms with Gasteiger partial charge in [0.25, 0.3) is 5.91 Å². The molecule has 22 heavy (non-hydrogen) atoms. The molecule has 116 valence electrons. The summed E-state index contributed by atoms with van der Waals surface area (Å²) in [6, 6.07) is 3.45. The topological polar surface area (TPSA) is 97.2 Å². The minimum atomic E-state index is -0.875. The maximum atomic E-state index is 11.3. The molecule has 0 bridgehead atoms. The lowest BCUT2D eigenvalue weighted by Gasteiger charge is -2.11. The maximum absolute atomic E-state index is 11.3. The Bertz CT molecular complexity index is 639. The third-order valence-electron chi connectivity index (χ3n) is 3.33. The monoisotopic (exact) mass is 304 g/mol.